The zero-order valence-electron chi connectivity index (χ0n) is 9.25. The molecular weight excluding hydrogens is 240 g/mol. The Morgan fingerprint density at radius 3 is 2.94 bits per heavy atom. The van der Waals surface area contributed by atoms with Crippen LogP contribution >= 0.6 is 11.8 Å². The van der Waals surface area contributed by atoms with Gasteiger partial charge in [-0.05, 0) is 30.3 Å². The van der Waals surface area contributed by atoms with Gasteiger partial charge in [0.05, 0.1) is 6.61 Å². The average molecular weight is 252 g/mol. The predicted molar refractivity (Wildman–Crippen MR) is 62.8 cm³/mol. The third-order valence-corrected chi connectivity index (χ3v) is 3.16. The Kier molecular flexibility index (Phi) is 3.60. The number of hydrogen-bond acceptors (Lipinski definition) is 5. The maximum atomic E-state index is 11.3. The lowest BCUT2D eigenvalue weighted by molar-refractivity contribution is 0.281. The van der Waals surface area contributed by atoms with Crippen LogP contribution in [0.1, 0.15) is 12.5 Å². The third kappa shape index (κ3) is 2.56. The Morgan fingerprint density at radius 1 is 1.53 bits per heavy atom. The summed E-state index contributed by atoms with van der Waals surface area (Å²) in [4.78, 5) is 15.5. The van der Waals surface area contributed by atoms with Gasteiger partial charge >= 0.3 is 5.69 Å². The van der Waals surface area contributed by atoms with Gasteiger partial charge in [0.15, 0.2) is 5.16 Å². The highest BCUT2D eigenvalue weighted by molar-refractivity contribution is 7.99. The molecule has 2 rings (SSSR count). The molecule has 0 unspecified atom stereocenters. The predicted octanol–water partition coefficient (Wildman–Crippen LogP) is 0.630. The zero-order chi connectivity index (χ0) is 12.3. The largest absolute Gasteiger partial charge is 0.392 e. The fraction of sp³-hybridized carbons (Fsp3) is 0.300. The normalized spacial score (nSPS) is 10.7. The first kappa shape index (κ1) is 11.9. The van der Waals surface area contributed by atoms with Gasteiger partial charge in [0.2, 0.25) is 0 Å². The summed E-state index contributed by atoms with van der Waals surface area (Å²) in [5, 5.41) is 16.5. The minimum Gasteiger partial charge on any atom is -0.392 e. The van der Waals surface area contributed by atoms with Crippen molar-refractivity contribution in [1.82, 2.24) is 19.7 Å². The molecule has 2 N–H and O–H groups in total. The van der Waals surface area contributed by atoms with E-state index in [4.69, 9.17) is 5.11 Å². The molecule has 0 amide bonds. The van der Waals surface area contributed by atoms with Crippen LogP contribution in [-0.2, 0) is 13.2 Å². The molecule has 7 heteroatoms. The molecule has 0 spiro atoms. The topological polar surface area (TPSA) is 83.8 Å². The maximum absolute atomic E-state index is 11.3. The Morgan fingerprint density at radius 2 is 2.35 bits per heavy atom. The second-order valence-electron chi connectivity index (χ2n) is 3.32. The number of H-pyrrole nitrogens is 1. The van der Waals surface area contributed by atoms with Gasteiger partial charge in [-0.3, -0.25) is 4.57 Å². The number of nitrogens with one attached hydrogen (secondary N) is 1. The Labute approximate surface area is 102 Å². The van der Waals surface area contributed by atoms with Crippen LogP contribution in [0.4, 0.5) is 0 Å². The van der Waals surface area contributed by atoms with E-state index >= 15 is 0 Å². The van der Waals surface area contributed by atoms with Crippen molar-refractivity contribution in [3.63, 3.8) is 0 Å². The fourth-order valence-electron chi connectivity index (χ4n) is 1.32. The minimum atomic E-state index is -0.220. The molecule has 0 radical (unpaired) electrons. The average Bonchev–Trinajstić information content (AvgIpc) is 2.71. The van der Waals surface area contributed by atoms with Crippen molar-refractivity contribution < 1.29 is 5.11 Å². The van der Waals surface area contributed by atoms with E-state index in [-0.39, 0.29) is 12.3 Å². The lowest BCUT2D eigenvalue weighted by atomic mass is 10.3. The third-order valence-electron chi connectivity index (χ3n) is 2.22. The number of nitrogens with zero attached hydrogens (tertiary/aromatic N) is 3. The van der Waals surface area contributed by atoms with Crippen LogP contribution in [0.5, 0.6) is 0 Å². The molecule has 0 saturated carbocycles. The molecule has 2 aromatic heterocycles. The van der Waals surface area contributed by atoms with Crippen molar-refractivity contribution in [1.29, 1.82) is 0 Å². The quantitative estimate of drug-likeness (QED) is 0.833. The monoisotopic (exact) mass is 252 g/mol. The van der Waals surface area contributed by atoms with Crippen molar-refractivity contribution in [3.8, 4) is 0 Å². The highest BCUT2D eigenvalue weighted by Crippen LogP contribution is 2.22. The van der Waals surface area contributed by atoms with E-state index in [1.165, 1.54) is 16.3 Å². The summed E-state index contributed by atoms with van der Waals surface area (Å²) < 4.78 is 1.53. The number of aliphatic hydroxyl groups is 1. The second-order valence-corrected chi connectivity index (χ2v) is 4.31. The summed E-state index contributed by atoms with van der Waals surface area (Å²) >= 11 is 1.31. The molecule has 0 aliphatic heterocycles. The van der Waals surface area contributed by atoms with Crippen LogP contribution in [0.15, 0.2) is 33.3 Å². The minimum absolute atomic E-state index is 0.0278. The van der Waals surface area contributed by atoms with Crippen LogP contribution in [0.3, 0.4) is 0 Å². The van der Waals surface area contributed by atoms with E-state index in [2.05, 4.69) is 15.2 Å². The van der Waals surface area contributed by atoms with Gasteiger partial charge in [0, 0.05) is 12.7 Å². The number of aromatic amines is 1. The molecule has 0 aliphatic carbocycles. The molecule has 90 valence electrons. The summed E-state index contributed by atoms with van der Waals surface area (Å²) in [5.41, 5.74) is 0.534. The smallest absolute Gasteiger partial charge is 0.343 e. The van der Waals surface area contributed by atoms with Gasteiger partial charge in [0.25, 0.3) is 0 Å². The van der Waals surface area contributed by atoms with Crippen molar-refractivity contribution in [2.24, 2.45) is 0 Å². The zero-order valence-corrected chi connectivity index (χ0v) is 10.1. The lowest BCUT2D eigenvalue weighted by Gasteiger charge is -2.02. The lowest BCUT2D eigenvalue weighted by Crippen LogP contribution is -2.16. The van der Waals surface area contributed by atoms with E-state index < -0.39 is 0 Å². The molecule has 6 nitrogen and oxygen atoms in total. The fourth-order valence-corrected chi connectivity index (χ4v) is 2.16. The van der Waals surface area contributed by atoms with Crippen LogP contribution < -0.4 is 5.69 Å². The van der Waals surface area contributed by atoms with E-state index in [0.29, 0.717) is 11.7 Å². The molecule has 2 heterocycles. The molecule has 17 heavy (non-hydrogen) atoms. The van der Waals surface area contributed by atoms with Gasteiger partial charge in [-0.15, -0.1) is 5.10 Å². The first-order chi connectivity index (χ1) is 8.24. The SMILES string of the molecule is CCn1c(Sc2ccc(CO)cn2)n[nH]c1=O. The van der Waals surface area contributed by atoms with Gasteiger partial charge in [0.1, 0.15) is 5.03 Å². The molecule has 0 saturated heterocycles. The van der Waals surface area contributed by atoms with Crippen molar-refractivity contribution in [3.05, 3.63) is 34.4 Å². The van der Waals surface area contributed by atoms with Crippen molar-refractivity contribution >= 4 is 11.8 Å². The molecule has 0 fully saturated rings. The van der Waals surface area contributed by atoms with Gasteiger partial charge in [-0.1, -0.05) is 6.07 Å². The summed E-state index contributed by atoms with van der Waals surface area (Å²) in [6.45, 7) is 2.41. The van der Waals surface area contributed by atoms with Crippen molar-refractivity contribution in [2.45, 2.75) is 30.3 Å². The Bertz CT molecular complexity index is 546. The number of aliphatic hydroxyl groups excluding tert-OH is 1. The second kappa shape index (κ2) is 5.15. The van der Waals surface area contributed by atoms with Crippen LogP contribution in [0.2, 0.25) is 0 Å². The Balaban J connectivity index is 2.22. The van der Waals surface area contributed by atoms with E-state index in [9.17, 15) is 4.79 Å². The summed E-state index contributed by atoms with van der Waals surface area (Å²) in [7, 11) is 0. The van der Waals surface area contributed by atoms with E-state index in [1.807, 2.05) is 6.92 Å². The summed E-state index contributed by atoms with van der Waals surface area (Å²) in [6, 6.07) is 3.58. The highest BCUT2D eigenvalue weighted by Gasteiger charge is 2.08. The first-order valence-electron chi connectivity index (χ1n) is 5.13. The van der Waals surface area contributed by atoms with Gasteiger partial charge in [-0.2, -0.15) is 0 Å². The van der Waals surface area contributed by atoms with Crippen molar-refractivity contribution in [2.75, 3.05) is 0 Å². The molecule has 0 atom stereocenters. The molecule has 0 aliphatic rings. The summed E-state index contributed by atoms with van der Waals surface area (Å²) in [5.74, 6) is 0. The molecule has 2 aromatic rings. The maximum Gasteiger partial charge on any atom is 0.343 e. The van der Waals surface area contributed by atoms with Gasteiger partial charge in [-0.25, -0.2) is 14.9 Å². The number of rotatable bonds is 4. The standard InChI is InChI=1S/C10H12N4O2S/c1-2-14-9(16)12-13-10(14)17-8-4-3-7(6-15)5-11-8/h3-5,15H,2,6H2,1H3,(H,12,16). The first-order valence-corrected chi connectivity index (χ1v) is 5.95. The van der Waals surface area contributed by atoms with Gasteiger partial charge < -0.3 is 5.11 Å². The number of aromatic nitrogens is 4. The Hall–Kier alpha value is -1.60. The van der Waals surface area contributed by atoms with Crippen LogP contribution in [0, 0.1) is 0 Å². The molecular formula is C10H12N4O2S. The highest BCUT2D eigenvalue weighted by atomic mass is 32.2. The van der Waals surface area contributed by atoms with E-state index in [0.717, 1.165) is 10.6 Å². The van der Waals surface area contributed by atoms with Crippen LogP contribution in [-0.4, -0.2) is 24.9 Å². The van der Waals surface area contributed by atoms with Crippen LogP contribution in [0.25, 0.3) is 0 Å². The molecule has 0 aromatic carbocycles. The summed E-state index contributed by atoms with van der Waals surface area (Å²) in [6.07, 6.45) is 1.60. The molecule has 0 bridgehead atoms. The van der Waals surface area contributed by atoms with E-state index in [1.54, 1.807) is 18.3 Å². The number of pyridine rings is 1. The number of hydrogen-bond donors (Lipinski definition) is 2.